The van der Waals surface area contributed by atoms with Crippen LogP contribution >= 0.6 is 0 Å². The molecule has 1 aliphatic heterocycles. The first-order valence-corrected chi connectivity index (χ1v) is 20.0. The van der Waals surface area contributed by atoms with E-state index in [4.69, 9.17) is 0 Å². The van der Waals surface area contributed by atoms with Gasteiger partial charge in [0.1, 0.15) is 11.7 Å². The SMILES string of the molecule is CC(C)(C)NC(=O)[C@@H]1C[C@@H]2CCCC[C@@H]2CN1C[C@@H](O)[C@H](Cc1ccccc1)NC(=O)[C@@H](NC(=O)c1cc2ccccc2[nH]1)C(C)(C)S(C)(=O)=O. The fraction of sp³-hybridized carbons (Fsp3) is 0.564. The quantitative estimate of drug-likeness (QED) is 0.189. The molecule has 2 heterocycles. The van der Waals surface area contributed by atoms with Gasteiger partial charge in [-0.05, 0) is 83.4 Å². The minimum Gasteiger partial charge on any atom is -0.390 e. The molecular formula is C39H55N5O6S. The molecule has 0 radical (unpaired) electrons. The average Bonchev–Trinajstić information content (AvgIpc) is 3.50. The third-order valence-electron chi connectivity index (χ3n) is 10.8. The second-order valence-corrected chi connectivity index (χ2v) is 18.8. The van der Waals surface area contributed by atoms with Crippen LogP contribution in [0.3, 0.4) is 0 Å². The van der Waals surface area contributed by atoms with Gasteiger partial charge in [-0.25, -0.2) is 8.42 Å². The van der Waals surface area contributed by atoms with Crippen molar-refractivity contribution in [1.29, 1.82) is 0 Å². The number of H-pyrrole nitrogens is 1. The van der Waals surface area contributed by atoms with Gasteiger partial charge in [-0.2, -0.15) is 0 Å². The first-order valence-electron chi connectivity index (χ1n) is 18.1. The summed E-state index contributed by atoms with van der Waals surface area (Å²) < 4.78 is 24.5. The predicted octanol–water partition coefficient (Wildman–Crippen LogP) is 3.97. The number of likely N-dealkylation sites (tertiary alicyclic amines) is 1. The Labute approximate surface area is 302 Å². The molecular weight excluding hydrogens is 667 g/mol. The van der Waals surface area contributed by atoms with Gasteiger partial charge in [0.15, 0.2) is 9.84 Å². The number of hydrogen-bond donors (Lipinski definition) is 5. The van der Waals surface area contributed by atoms with Gasteiger partial charge in [0.25, 0.3) is 5.91 Å². The molecule has 0 bridgehead atoms. The summed E-state index contributed by atoms with van der Waals surface area (Å²) in [7, 11) is -3.88. The van der Waals surface area contributed by atoms with Crippen LogP contribution in [0.2, 0.25) is 0 Å². The Balaban J connectivity index is 1.42. The maximum Gasteiger partial charge on any atom is 0.268 e. The van der Waals surface area contributed by atoms with Crippen molar-refractivity contribution >= 4 is 38.5 Å². The molecule has 1 aromatic heterocycles. The van der Waals surface area contributed by atoms with E-state index in [0.717, 1.165) is 48.4 Å². The maximum atomic E-state index is 14.3. The largest absolute Gasteiger partial charge is 0.390 e. The van der Waals surface area contributed by atoms with Gasteiger partial charge >= 0.3 is 0 Å². The van der Waals surface area contributed by atoms with Gasteiger partial charge in [0, 0.05) is 35.8 Å². The number of sulfone groups is 1. The summed E-state index contributed by atoms with van der Waals surface area (Å²) in [5.74, 6) is -0.569. The van der Waals surface area contributed by atoms with Crippen LogP contribution in [-0.2, 0) is 25.8 Å². The van der Waals surface area contributed by atoms with Crippen LogP contribution in [0, 0.1) is 11.8 Å². The summed E-state index contributed by atoms with van der Waals surface area (Å²) in [5.41, 5.74) is 1.34. The molecule has 1 saturated carbocycles. The number of aromatic nitrogens is 1. The summed E-state index contributed by atoms with van der Waals surface area (Å²) in [5, 5.41) is 21.6. The van der Waals surface area contributed by atoms with Crippen molar-refractivity contribution in [1.82, 2.24) is 25.8 Å². The van der Waals surface area contributed by atoms with Crippen LogP contribution in [0.5, 0.6) is 0 Å². The van der Waals surface area contributed by atoms with Crippen molar-refractivity contribution in [2.75, 3.05) is 19.3 Å². The van der Waals surface area contributed by atoms with Gasteiger partial charge in [-0.1, -0.05) is 67.8 Å². The third kappa shape index (κ3) is 9.39. The van der Waals surface area contributed by atoms with Crippen molar-refractivity contribution < 1.29 is 27.9 Å². The molecule has 2 aromatic carbocycles. The van der Waals surface area contributed by atoms with E-state index < -0.39 is 56.2 Å². The number of carbonyl (C=O) groups excluding carboxylic acids is 3. The van der Waals surface area contributed by atoms with Crippen molar-refractivity contribution in [3.63, 3.8) is 0 Å². The molecule has 6 atom stereocenters. The van der Waals surface area contributed by atoms with Crippen molar-refractivity contribution in [3.8, 4) is 0 Å². The molecule has 5 rings (SSSR count). The first-order chi connectivity index (χ1) is 23.9. The Hall–Kier alpha value is -3.74. The van der Waals surface area contributed by atoms with Gasteiger partial charge in [-0.3, -0.25) is 19.3 Å². The lowest BCUT2D eigenvalue weighted by Crippen LogP contribution is -2.64. The molecule has 5 N–H and O–H groups in total. The molecule has 0 unspecified atom stereocenters. The number of aliphatic hydroxyl groups excluding tert-OH is 1. The molecule has 1 saturated heterocycles. The monoisotopic (exact) mass is 721 g/mol. The average molecular weight is 722 g/mol. The highest BCUT2D eigenvalue weighted by Crippen LogP contribution is 2.39. The third-order valence-corrected chi connectivity index (χ3v) is 12.9. The van der Waals surface area contributed by atoms with Crippen LogP contribution in [0.4, 0.5) is 0 Å². The van der Waals surface area contributed by atoms with E-state index in [-0.39, 0.29) is 24.6 Å². The lowest BCUT2D eigenvalue weighted by Gasteiger charge is -2.47. The number of nitrogens with one attached hydrogen (secondary N) is 4. The summed E-state index contributed by atoms with van der Waals surface area (Å²) in [4.78, 5) is 46.7. The van der Waals surface area contributed by atoms with Gasteiger partial charge < -0.3 is 26.0 Å². The zero-order chi connectivity index (χ0) is 37.1. The minimum atomic E-state index is -3.88. The van der Waals surface area contributed by atoms with Crippen LogP contribution in [0.15, 0.2) is 60.7 Å². The minimum absolute atomic E-state index is 0.0722. The molecule has 51 heavy (non-hydrogen) atoms. The smallest absolute Gasteiger partial charge is 0.268 e. The molecule has 12 heteroatoms. The molecule has 278 valence electrons. The van der Waals surface area contributed by atoms with Crippen LogP contribution in [0.25, 0.3) is 10.9 Å². The summed E-state index contributed by atoms with van der Waals surface area (Å²) in [6.07, 6.45) is 5.34. The van der Waals surface area contributed by atoms with E-state index in [9.17, 15) is 27.9 Å². The van der Waals surface area contributed by atoms with Crippen LogP contribution in [0.1, 0.15) is 82.8 Å². The van der Waals surface area contributed by atoms with Gasteiger partial charge in [0.05, 0.1) is 22.9 Å². The molecule has 2 fully saturated rings. The number of nitrogens with zero attached hydrogens (tertiary/aromatic N) is 1. The van der Waals surface area contributed by atoms with Crippen LogP contribution in [-0.4, -0.2) is 95.0 Å². The number of amides is 3. The highest BCUT2D eigenvalue weighted by atomic mass is 32.2. The highest BCUT2D eigenvalue weighted by Gasteiger charge is 2.46. The second-order valence-electron chi connectivity index (χ2n) is 16.2. The topological polar surface area (TPSA) is 161 Å². The van der Waals surface area contributed by atoms with E-state index in [1.54, 1.807) is 6.07 Å². The highest BCUT2D eigenvalue weighted by molar-refractivity contribution is 7.92. The predicted molar refractivity (Wildman–Crippen MR) is 200 cm³/mol. The number of piperidine rings is 1. The number of benzene rings is 2. The molecule has 2 aliphatic rings. The lowest BCUT2D eigenvalue weighted by molar-refractivity contribution is -0.133. The maximum absolute atomic E-state index is 14.3. The Morgan fingerprint density at radius 2 is 1.59 bits per heavy atom. The van der Waals surface area contributed by atoms with E-state index in [2.05, 4.69) is 25.8 Å². The standard InChI is InChI=1S/C39H55N5O6S/c1-38(2,3)43-36(47)32-22-26-16-10-11-18-28(26)23-44(32)24-33(45)30(20-25-14-8-7-9-15-25)41-37(48)34(39(4,5)51(6,49)50)42-35(46)31-21-27-17-12-13-19-29(27)40-31/h7-9,12-15,17,19,21,26,28,30,32-34,40,45H,10-11,16,18,20,22-24H2,1-6H3,(H,41,48)(H,42,46)(H,43,47)/t26-,28+,30-,32-,33+,34+/m0/s1. The molecule has 3 aromatic rings. The number of hydrogen-bond acceptors (Lipinski definition) is 7. The molecule has 0 spiro atoms. The summed E-state index contributed by atoms with van der Waals surface area (Å²) in [6.45, 7) is 9.47. The Morgan fingerprint density at radius 3 is 2.24 bits per heavy atom. The van der Waals surface area contributed by atoms with E-state index >= 15 is 0 Å². The lowest BCUT2D eigenvalue weighted by atomic mass is 9.72. The number of β-amino-alcohol motifs (C(OH)–C–C–N with tert-alkyl or cyclic N) is 1. The first kappa shape index (κ1) is 38.5. The summed E-state index contributed by atoms with van der Waals surface area (Å²) >= 11 is 0. The molecule has 1 aliphatic carbocycles. The van der Waals surface area contributed by atoms with E-state index in [1.165, 1.54) is 13.8 Å². The fourth-order valence-corrected chi connectivity index (χ4v) is 8.18. The Kier molecular flexibility index (Phi) is 11.7. The number of aromatic amines is 1. The van der Waals surface area contributed by atoms with E-state index in [0.29, 0.717) is 24.8 Å². The number of rotatable bonds is 12. The van der Waals surface area contributed by atoms with Gasteiger partial charge in [0.2, 0.25) is 11.8 Å². The summed E-state index contributed by atoms with van der Waals surface area (Å²) in [6, 6.07) is 15.6. The fourth-order valence-electron chi connectivity index (χ4n) is 7.59. The van der Waals surface area contributed by atoms with Gasteiger partial charge in [-0.15, -0.1) is 0 Å². The van der Waals surface area contributed by atoms with Crippen LogP contribution < -0.4 is 16.0 Å². The second kappa shape index (κ2) is 15.5. The Morgan fingerprint density at radius 1 is 0.941 bits per heavy atom. The van der Waals surface area contributed by atoms with Crippen molar-refractivity contribution in [2.45, 2.75) is 108 Å². The number of aliphatic hydroxyl groups is 1. The Bertz CT molecular complexity index is 1770. The number of fused-ring (bicyclic) bond motifs is 2. The normalized spacial score (nSPS) is 22.0. The molecule has 11 nitrogen and oxygen atoms in total. The van der Waals surface area contributed by atoms with Crippen molar-refractivity contribution in [2.24, 2.45) is 11.8 Å². The zero-order valence-corrected chi connectivity index (χ0v) is 31.6. The molecule has 3 amide bonds. The number of para-hydroxylation sites is 1. The van der Waals surface area contributed by atoms with Crippen molar-refractivity contribution in [3.05, 3.63) is 71.9 Å². The van der Waals surface area contributed by atoms with E-state index in [1.807, 2.05) is 75.4 Å². The zero-order valence-electron chi connectivity index (χ0n) is 30.7. The number of carbonyl (C=O) groups is 3.